The highest BCUT2D eigenvalue weighted by atomic mass is 19.1. The molecule has 13 heteroatoms. The number of benzene rings is 2. The zero-order valence-corrected chi connectivity index (χ0v) is 28.5. The van der Waals surface area contributed by atoms with Crippen LogP contribution in [0.2, 0.25) is 0 Å². The van der Waals surface area contributed by atoms with Gasteiger partial charge in [0.2, 0.25) is 11.9 Å². The Morgan fingerprint density at radius 2 is 1.78 bits per heavy atom. The maximum absolute atomic E-state index is 16.0. The number of methoxy groups -OCH3 is 3. The van der Waals surface area contributed by atoms with Crippen molar-refractivity contribution in [3.63, 3.8) is 0 Å². The normalized spacial score (nSPS) is 20.0. The summed E-state index contributed by atoms with van der Waals surface area (Å²) in [7, 11) is 4.20. The Morgan fingerprint density at radius 1 is 1.02 bits per heavy atom. The Hall–Kier alpha value is -5.53. The van der Waals surface area contributed by atoms with Gasteiger partial charge < -0.3 is 29.6 Å². The van der Waals surface area contributed by atoms with E-state index in [0.29, 0.717) is 53.6 Å². The van der Waals surface area contributed by atoms with Gasteiger partial charge in [0.05, 0.1) is 66.3 Å². The minimum atomic E-state index is -0.936. The van der Waals surface area contributed by atoms with Crippen LogP contribution in [0.3, 0.4) is 0 Å². The monoisotopic (exact) mass is 694 g/mol. The average Bonchev–Trinajstić information content (AvgIpc) is 3.14. The molecule has 1 saturated heterocycles. The number of rotatable bonds is 9. The van der Waals surface area contributed by atoms with Crippen LogP contribution >= 0.6 is 0 Å². The number of carbonyl (C=O) groups excluding carboxylic acids is 1. The number of para-hydroxylation sites is 1. The molecule has 1 aliphatic carbocycles. The predicted molar refractivity (Wildman–Crippen MR) is 189 cm³/mol. The molecule has 5 aromatic rings. The first kappa shape index (κ1) is 33.9. The van der Waals surface area contributed by atoms with Crippen LogP contribution in [0.4, 0.5) is 14.7 Å². The SMILES string of the molecule is C=CC(=O)N[C@H]1CCOC[C@H]1Nc1ncc2cc(-c3c(F)c(OC)cc(OC)c3F)nc(C3=c4cc5ccccc5nc4=CC(C)(OC)C3)c2n1. The molecule has 1 amide bonds. The number of hydrogen-bond donors (Lipinski definition) is 2. The molecule has 0 radical (unpaired) electrons. The number of hydrogen-bond acceptors (Lipinski definition) is 10. The predicted octanol–water partition coefficient (Wildman–Crippen LogP) is 4.20. The van der Waals surface area contributed by atoms with Crippen molar-refractivity contribution in [3.8, 4) is 22.8 Å². The van der Waals surface area contributed by atoms with Crippen LogP contribution in [0.25, 0.3) is 44.7 Å². The lowest BCUT2D eigenvalue weighted by Gasteiger charge is -2.32. The fourth-order valence-corrected chi connectivity index (χ4v) is 6.63. The van der Waals surface area contributed by atoms with Gasteiger partial charge in [0.15, 0.2) is 23.1 Å². The van der Waals surface area contributed by atoms with Gasteiger partial charge in [0.1, 0.15) is 5.52 Å². The fraction of sp³-hybridized carbons (Fsp3) is 0.289. The molecule has 3 atom stereocenters. The minimum Gasteiger partial charge on any atom is -0.494 e. The number of anilines is 1. The smallest absolute Gasteiger partial charge is 0.243 e. The summed E-state index contributed by atoms with van der Waals surface area (Å²) in [5.74, 6) is -2.33. The largest absolute Gasteiger partial charge is 0.494 e. The number of halogens is 2. The summed E-state index contributed by atoms with van der Waals surface area (Å²) < 4.78 is 54.2. The molecular weight excluding hydrogens is 658 g/mol. The van der Waals surface area contributed by atoms with E-state index < -0.39 is 22.8 Å². The quantitative estimate of drug-likeness (QED) is 0.217. The second-order valence-electron chi connectivity index (χ2n) is 12.6. The van der Waals surface area contributed by atoms with E-state index in [0.717, 1.165) is 22.2 Å². The van der Waals surface area contributed by atoms with Crippen molar-refractivity contribution in [1.29, 1.82) is 0 Å². The Balaban J connectivity index is 1.50. The number of carbonyl (C=O) groups is 1. The van der Waals surface area contributed by atoms with E-state index in [1.165, 1.54) is 26.4 Å². The molecule has 2 aliphatic rings. The van der Waals surface area contributed by atoms with Gasteiger partial charge in [-0.25, -0.2) is 28.7 Å². The van der Waals surface area contributed by atoms with Crippen molar-refractivity contribution in [1.82, 2.24) is 25.3 Å². The Bertz CT molecular complexity index is 2310. The molecule has 1 fully saturated rings. The number of nitrogens with one attached hydrogen (secondary N) is 2. The summed E-state index contributed by atoms with van der Waals surface area (Å²) in [6.45, 7) is 6.28. The zero-order chi connectivity index (χ0) is 35.9. The second-order valence-corrected chi connectivity index (χ2v) is 12.6. The topological polar surface area (TPSA) is 130 Å². The number of fused-ring (bicyclic) bond motifs is 3. The lowest BCUT2D eigenvalue weighted by molar-refractivity contribution is -0.117. The third kappa shape index (κ3) is 6.34. The van der Waals surface area contributed by atoms with Gasteiger partial charge >= 0.3 is 0 Å². The number of ether oxygens (including phenoxy) is 4. The van der Waals surface area contributed by atoms with Crippen LogP contribution in [0, 0.1) is 11.6 Å². The van der Waals surface area contributed by atoms with Gasteiger partial charge in [-0.15, -0.1) is 0 Å². The van der Waals surface area contributed by atoms with Crippen LogP contribution in [-0.2, 0) is 14.3 Å². The number of amides is 1. The first-order valence-electron chi connectivity index (χ1n) is 16.4. The maximum atomic E-state index is 16.0. The van der Waals surface area contributed by atoms with Gasteiger partial charge in [0, 0.05) is 48.4 Å². The standard InChI is InChI=1S/C38H36F2N6O5/c1-6-31(47)43-25-11-12-51-19-28(25)45-37-41-18-21-14-26(32-33(39)29(48-3)15-30(49-4)34(32)40)44-36(35(21)46-37)23-16-38(2,50-5)17-27-22(23)13-20-9-7-8-10-24(20)42-27/h6-10,13-15,17-18,25,28H,1,11-12,16,19H2,2-5H3,(H,43,47)(H,41,45,46)/t25-,28+,38?/m0/s1. The van der Waals surface area contributed by atoms with Crippen molar-refractivity contribution >= 4 is 45.3 Å². The first-order chi connectivity index (χ1) is 24.6. The van der Waals surface area contributed by atoms with Gasteiger partial charge in [-0.05, 0) is 49.3 Å². The molecule has 262 valence electrons. The Labute approximate surface area is 292 Å². The molecule has 11 nitrogen and oxygen atoms in total. The van der Waals surface area contributed by atoms with Crippen LogP contribution in [0.5, 0.6) is 11.5 Å². The van der Waals surface area contributed by atoms with Crippen LogP contribution in [0.1, 0.15) is 25.5 Å². The van der Waals surface area contributed by atoms with Gasteiger partial charge in [-0.2, -0.15) is 0 Å². The molecule has 4 heterocycles. The third-order valence-electron chi connectivity index (χ3n) is 9.38. The molecule has 2 N–H and O–H groups in total. The van der Waals surface area contributed by atoms with Crippen molar-refractivity contribution in [2.45, 2.75) is 37.5 Å². The third-order valence-corrected chi connectivity index (χ3v) is 9.38. The maximum Gasteiger partial charge on any atom is 0.243 e. The van der Waals surface area contributed by atoms with E-state index in [1.807, 2.05) is 43.3 Å². The van der Waals surface area contributed by atoms with Gasteiger partial charge in [-0.3, -0.25) is 4.79 Å². The van der Waals surface area contributed by atoms with Crippen molar-refractivity contribution < 1.29 is 32.5 Å². The highest BCUT2D eigenvalue weighted by Gasteiger charge is 2.32. The molecule has 0 spiro atoms. The van der Waals surface area contributed by atoms with E-state index in [9.17, 15) is 4.79 Å². The summed E-state index contributed by atoms with van der Waals surface area (Å²) in [4.78, 5) is 31.6. The van der Waals surface area contributed by atoms with Crippen molar-refractivity contribution in [3.05, 3.63) is 89.2 Å². The first-order valence-corrected chi connectivity index (χ1v) is 16.4. The lowest BCUT2D eigenvalue weighted by atomic mass is 9.87. The van der Waals surface area contributed by atoms with E-state index >= 15 is 8.78 Å². The van der Waals surface area contributed by atoms with Crippen molar-refractivity contribution in [2.75, 3.05) is 39.9 Å². The second kappa shape index (κ2) is 13.6. The molecule has 2 aromatic carbocycles. The van der Waals surface area contributed by atoms with Crippen molar-refractivity contribution in [2.24, 2.45) is 0 Å². The van der Waals surface area contributed by atoms with E-state index in [2.05, 4.69) is 22.2 Å². The summed E-state index contributed by atoms with van der Waals surface area (Å²) >= 11 is 0. The number of nitrogens with zero attached hydrogens (tertiary/aromatic N) is 4. The van der Waals surface area contributed by atoms with Gasteiger partial charge in [-0.1, -0.05) is 24.8 Å². The Kier molecular flexibility index (Phi) is 9.08. The van der Waals surface area contributed by atoms with E-state index in [1.54, 1.807) is 13.3 Å². The highest BCUT2D eigenvalue weighted by Crippen LogP contribution is 2.39. The summed E-state index contributed by atoms with van der Waals surface area (Å²) in [6.07, 6.45) is 5.68. The summed E-state index contributed by atoms with van der Waals surface area (Å²) in [5.41, 5.74) is 1.04. The molecule has 7 rings (SSSR count). The fourth-order valence-electron chi connectivity index (χ4n) is 6.63. The molecular formula is C38H36F2N6O5. The van der Waals surface area contributed by atoms with Crippen LogP contribution in [0.15, 0.2) is 61.3 Å². The molecule has 0 bridgehead atoms. The summed E-state index contributed by atoms with van der Waals surface area (Å²) in [5, 5.41) is 9.09. The van der Waals surface area contributed by atoms with E-state index in [-0.39, 0.29) is 41.1 Å². The van der Waals surface area contributed by atoms with Crippen LogP contribution in [-0.4, -0.2) is 78.1 Å². The lowest BCUT2D eigenvalue weighted by Crippen LogP contribution is -2.52. The van der Waals surface area contributed by atoms with E-state index in [4.69, 9.17) is 33.9 Å². The molecule has 51 heavy (non-hydrogen) atoms. The Morgan fingerprint density at radius 3 is 2.51 bits per heavy atom. The van der Waals surface area contributed by atoms with Crippen LogP contribution < -0.4 is 30.7 Å². The molecule has 3 aromatic heterocycles. The zero-order valence-electron chi connectivity index (χ0n) is 28.5. The number of pyridine rings is 2. The molecule has 1 aliphatic heterocycles. The summed E-state index contributed by atoms with van der Waals surface area (Å²) in [6, 6.07) is 11.8. The minimum absolute atomic E-state index is 0.0154. The average molecular weight is 695 g/mol. The highest BCUT2D eigenvalue weighted by molar-refractivity contribution is 5.93. The molecule has 1 unspecified atom stereocenters. The van der Waals surface area contributed by atoms with Gasteiger partial charge in [0.25, 0.3) is 0 Å². The molecule has 0 saturated carbocycles. The number of aromatic nitrogens is 4.